The maximum atomic E-state index is 11.4. The van der Waals surface area contributed by atoms with Gasteiger partial charge in [-0.3, -0.25) is 4.90 Å². The van der Waals surface area contributed by atoms with Gasteiger partial charge >= 0.3 is 6.09 Å². The summed E-state index contributed by atoms with van der Waals surface area (Å²) in [5.41, 5.74) is 0. The average Bonchev–Trinajstić information content (AvgIpc) is 3.08. The van der Waals surface area contributed by atoms with Crippen molar-refractivity contribution in [2.75, 3.05) is 45.9 Å². The van der Waals surface area contributed by atoms with Gasteiger partial charge in [0.15, 0.2) is 11.5 Å². The van der Waals surface area contributed by atoms with E-state index in [4.69, 9.17) is 14.2 Å². The van der Waals surface area contributed by atoms with E-state index in [1.165, 1.54) is 19.3 Å². The van der Waals surface area contributed by atoms with Crippen LogP contribution in [0.2, 0.25) is 0 Å². The highest BCUT2D eigenvalue weighted by atomic mass is 16.6. The van der Waals surface area contributed by atoms with Crippen molar-refractivity contribution in [2.45, 2.75) is 31.8 Å². The number of piperidine rings is 1. The molecule has 0 spiro atoms. The Labute approximate surface area is 155 Å². The van der Waals surface area contributed by atoms with Crippen LogP contribution in [0.5, 0.6) is 11.5 Å². The topological polar surface area (TPSA) is 51.2 Å². The molecule has 0 N–H and O–H groups in total. The molecule has 6 heteroatoms. The number of benzene rings is 1. The normalized spacial score (nSPS) is 23.9. The first-order valence-corrected chi connectivity index (χ1v) is 9.80. The van der Waals surface area contributed by atoms with E-state index in [-0.39, 0.29) is 12.2 Å². The summed E-state index contributed by atoms with van der Waals surface area (Å²) in [5.74, 6) is 2.48. The van der Waals surface area contributed by atoms with Crippen LogP contribution in [0.4, 0.5) is 4.79 Å². The van der Waals surface area contributed by atoms with Gasteiger partial charge in [-0.15, -0.1) is 0 Å². The minimum Gasteiger partial charge on any atom is -0.486 e. The standard InChI is InChI=1S/C20H28N2O4/c23-20-22(12-13-24-20)9-3-4-16-7-10-21(11-8-16)14-17-15-25-18-5-1-2-6-19(18)26-17/h1-2,5-6,16-17H,3-4,7-15H2. The summed E-state index contributed by atoms with van der Waals surface area (Å²) in [5, 5.41) is 0. The minimum absolute atomic E-state index is 0.114. The Morgan fingerprint density at radius 1 is 1.04 bits per heavy atom. The first kappa shape index (κ1) is 17.5. The number of cyclic esters (lactones) is 1. The Bertz CT molecular complexity index is 616. The number of hydrogen-bond donors (Lipinski definition) is 0. The molecule has 1 aromatic rings. The van der Waals surface area contributed by atoms with Gasteiger partial charge in [0.25, 0.3) is 0 Å². The van der Waals surface area contributed by atoms with Crippen LogP contribution < -0.4 is 9.47 Å². The number of ether oxygens (including phenoxy) is 3. The number of amides is 1. The fourth-order valence-electron chi connectivity index (χ4n) is 4.10. The number of carbonyl (C=O) groups excluding carboxylic acids is 1. The zero-order chi connectivity index (χ0) is 17.8. The summed E-state index contributed by atoms with van der Waals surface area (Å²) in [6, 6.07) is 7.89. The van der Waals surface area contributed by atoms with Gasteiger partial charge in [0.2, 0.25) is 0 Å². The molecule has 2 fully saturated rings. The molecule has 0 aromatic heterocycles. The average molecular weight is 360 g/mol. The van der Waals surface area contributed by atoms with E-state index in [9.17, 15) is 4.79 Å². The van der Waals surface area contributed by atoms with Crippen LogP contribution in [0.1, 0.15) is 25.7 Å². The number of rotatable bonds is 6. The third kappa shape index (κ3) is 4.23. The number of carbonyl (C=O) groups is 1. The Kier molecular flexibility index (Phi) is 5.48. The second-order valence-electron chi connectivity index (χ2n) is 7.49. The largest absolute Gasteiger partial charge is 0.486 e. The molecular formula is C20H28N2O4. The number of likely N-dealkylation sites (tertiary alicyclic amines) is 1. The molecule has 3 aliphatic rings. The van der Waals surface area contributed by atoms with Gasteiger partial charge < -0.3 is 19.1 Å². The lowest BCUT2D eigenvalue weighted by Crippen LogP contribution is -2.44. The minimum atomic E-state index is -0.143. The molecule has 1 atom stereocenters. The van der Waals surface area contributed by atoms with Gasteiger partial charge in [-0.2, -0.15) is 0 Å². The molecule has 142 valence electrons. The van der Waals surface area contributed by atoms with Crippen LogP contribution in [0, 0.1) is 5.92 Å². The first-order valence-electron chi connectivity index (χ1n) is 9.80. The fraction of sp³-hybridized carbons (Fsp3) is 0.650. The van der Waals surface area contributed by atoms with Gasteiger partial charge in [0.1, 0.15) is 19.3 Å². The molecule has 0 saturated carbocycles. The zero-order valence-corrected chi connectivity index (χ0v) is 15.3. The molecule has 3 aliphatic heterocycles. The number of fused-ring (bicyclic) bond motifs is 1. The summed E-state index contributed by atoms with van der Waals surface area (Å²) in [7, 11) is 0. The SMILES string of the molecule is O=C1OCCN1CCCC1CCN(CC2COc3ccccc3O2)CC1. The molecule has 6 nitrogen and oxygen atoms in total. The lowest BCUT2D eigenvalue weighted by atomic mass is 9.92. The monoisotopic (exact) mass is 360 g/mol. The van der Waals surface area contributed by atoms with Crippen molar-refractivity contribution in [3.63, 3.8) is 0 Å². The van der Waals surface area contributed by atoms with Crippen molar-refractivity contribution in [1.82, 2.24) is 9.80 Å². The van der Waals surface area contributed by atoms with Gasteiger partial charge in [-0.25, -0.2) is 4.79 Å². The Hall–Kier alpha value is -1.95. The third-order valence-electron chi connectivity index (χ3n) is 5.62. The van der Waals surface area contributed by atoms with Gasteiger partial charge in [0, 0.05) is 13.1 Å². The molecule has 0 radical (unpaired) electrons. The molecule has 1 aromatic carbocycles. The predicted octanol–water partition coefficient (Wildman–Crippen LogP) is 2.77. The summed E-state index contributed by atoms with van der Waals surface area (Å²) >= 11 is 0. The smallest absolute Gasteiger partial charge is 0.409 e. The summed E-state index contributed by atoms with van der Waals surface area (Å²) < 4.78 is 16.9. The molecule has 1 unspecified atom stereocenters. The van der Waals surface area contributed by atoms with E-state index in [0.29, 0.717) is 13.2 Å². The highest BCUT2D eigenvalue weighted by molar-refractivity contribution is 5.69. The zero-order valence-electron chi connectivity index (χ0n) is 15.3. The summed E-state index contributed by atoms with van der Waals surface area (Å²) in [6.45, 7) is 5.95. The molecular weight excluding hydrogens is 332 g/mol. The van der Waals surface area contributed by atoms with E-state index in [1.54, 1.807) is 0 Å². The Balaban J connectivity index is 1.15. The highest BCUT2D eigenvalue weighted by Gasteiger charge is 2.26. The number of para-hydroxylation sites is 2. The van der Waals surface area contributed by atoms with Crippen molar-refractivity contribution in [3.05, 3.63) is 24.3 Å². The van der Waals surface area contributed by atoms with Crippen LogP contribution >= 0.6 is 0 Å². The van der Waals surface area contributed by atoms with Crippen molar-refractivity contribution in [3.8, 4) is 11.5 Å². The summed E-state index contributed by atoms with van der Waals surface area (Å²) in [6.07, 6.45) is 4.71. The molecule has 0 bridgehead atoms. The molecule has 26 heavy (non-hydrogen) atoms. The number of hydrogen-bond acceptors (Lipinski definition) is 5. The Morgan fingerprint density at radius 2 is 1.85 bits per heavy atom. The van der Waals surface area contributed by atoms with Crippen LogP contribution in [0.25, 0.3) is 0 Å². The van der Waals surface area contributed by atoms with E-state index in [1.807, 2.05) is 29.2 Å². The quantitative estimate of drug-likeness (QED) is 0.781. The predicted molar refractivity (Wildman–Crippen MR) is 97.7 cm³/mol. The lowest BCUT2D eigenvalue weighted by molar-refractivity contribution is 0.0470. The lowest BCUT2D eigenvalue weighted by Gasteiger charge is -2.35. The fourth-order valence-corrected chi connectivity index (χ4v) is 4.10. The van der Waals surface area contributed by atoms with Gasteiger partial charge in [-0.1, -0.05) is 12.1 Å². The van der Waals surface area contributed by atoms with Crippen LogP contribution in [-0.2, 0) is 4.74 Å². The van der Waals surface area contributed by atoms with Crippen molar-refractivity contribution in [2.24, 2.45) is 5.92 Å². The van der Waals surface area contributed by atoms with E-state index < -0.39 is 0 Å². The van der Waals surface area contributed by atoms with Crippen molar-refractivity contribution in [1.29, 1.82) is 0 Å². The van der Waals surface area contributed by atoms with Gasteiger partial charge in [-0.05, 0) is 56.8 Å². The third-order valence-corrected chi connectivity index (χ3v) is 5.62. The Morgan fingerprint density at radius 3 is 2.62 bits per heavy atom. The van der Waals surface area contributed by atoms with Crippen molar-refractivity contribution < 1.29 is 19.0 Å². The maximum Gasteiger partial charge on any atom is 0.409 e. The molecule has 3 heterocycles. The van der Waals surface area contributed by atoms with E-state index in [0.717, 1.165) is 56.6 Å². The van der Waals surface area contributed by atoms with Crippen molar-refractivity contribution >= 4 is 6.09 Å². The molecule has 4 rings (SSSR count). The number of nitrogens with zero attached hydrogens (tertiary/aromatic N) is 2. The second-order valence-corrected chi connectivity index (χ2v) is 7.49. The van der Waals surface area contributed by atoms with E-state index in [2.05, 4.69) is 4.90 Å². The first-order chi connectivity index (χ1) is 12.8. The van der Waals surface area contributed by atoms with Crippen LogP contribution in [0.15, 0.2) is 24.3 Å². The van der Waals surface area contributed by atoms with Crippen LogP contribution in [0.3, 0.4) is 0 Å². The van der Waals surface area contributed by atoms with Crippen LogP contribution in [-0.4, -0.2) is 67.9 Å². The summed E-state index contributed by atoms with van der Waals surface area (Å²) in [4.78, 5) is 15.8. The second kappa shape index (κ2) is 8.16. The molecule has 0 aliphatic carbocycles. The highest BCUT2D eigenvalue weighted by Crippen LogP contribution is 2.31. The van der Waals surface area contributed by atoms with Gasteiger partial charge in [0.05, 0.1) is 6.54 Å². The molecule has 1 amide bonds. The van der Waals surface area contributed by atoms with E-state index >= 15 is 0 Å². The molecule has 2 saturated heterocycles. The maximum absolute atomic E-state index is 11.4.